The third kappa shape index (κ3) is 3.97. The SMILES string of the molecule is Fc1cccc(C2COCCN2c2ccc3ncc(-c4cccc(N5CCNCC5)n4)n3n2)c1. The van der Waals surface area contributed by atoms with E-state index in [1.807, 2.05) is 47.1 Å². The number of nitrogens with zero attached hydrogens (tertiary/aromatic N) is 6. The Labute approximate surface area is 197 Å². The van der Waals surface area contributed by atoms with Crippen LogP contribution in [0.15, 0.2) is 60.8 Å². The number of imidazole rings is 1. The molecule has 1 unspecified atom stereocenters. The van der Waals surface area contributed by atoms with Gasteiger partial charge in [0.2, 0.25) is 0 Å². The van der Waals surface area contributed by atoms with Crippen LogP contribution in [0.4, 0.5) is 16.0 Å². The Hall–Kier alpha value is -3.56. The molecule has 6 rings (SSSR count). The molecule has 9 heteroatoms. The first-order chi connectivity index (χ1) is 16.8. The lowest BCUT2D eigenvalue weighted by Gasteiger charge is -2.36. The summed E-state index contributed by atoms with van der Waals surface area (Å²) in [5, 5.41) is 8.32. The van der Waals surface area contributed by atoms with Crippen LogP contribution in [-0.2, 0) is 4.74 Å². The number of hydrogen-bond donors (Lipinski definition) is 1. The van der Waals surface area contributed by atoms with E-state index >= 15 is 0 Å². The Morgan fingerprint density at radius 1 is 0.971 bits per heavy atom. The number of rotatable bonds is 4. The van der Waals surface area contributed by atoms with Gasteiger partial charge in [-0.1, -0.05) is 18.2 Å². The predicted octanol–water partition coefficient (Wildman–Crippen LogP) is 2.92. The molecule has 34 heavy (non-hydrogen) atoms. The molecule has 1 atom stereocenters. The second-order valence-electron chi connectivity index (χ2n) is 8.56. The third-order valence-corrected chi connectivity index (χ3v) is 6.44. The van der Waals surface area contributed by atoms with Crippen molar-refractivity contribution in [1.82, 2.24) is 24.9 Å². The van der Waals surface area contributed by atoms with Gasteiger partial charge in [0.1, 0.15) is 23.1 Å². The van der Waals surface area contributed by atoms with Gasteiger partial charge in [-0.2, -0.15) is 0 Å². The summed E-state index contributed by atoms with van der Waals surface area (Å²) >= 11 is 0. The van der Waals surface area contributed by atoms with Crippen molar-refractivity contribution in [3.8, 4) is 11.4 Å². The number of hydrogen-bond acceptors (Lipinski definition) is 7. The van der Waals surface area contributed by atoms with Gasteiger partial charge in [-0.3, -0.25) is 0 Å². The highest BCUT2D eigenvalue weighted by Gasteiger charge is 2.27. The van der Waals surface area contributed by atoms with Crippen molar-refractivity contribution in [3.63, 3.8) is 0 Å². The first-order valence-corrected chi connectivity index (χ1v) is 11.6. The maximum atomic E-state index is 13.9. The molecule has 0 spiro atoms. The lowest BCUT2D eigenvalue weighted by Crippen LogP contribution is -2.43. The molecule has 174 valence electrons. The maximum absolute atomic E-state index is 13.9. The number of fused-ring (bicyclic) bond motifs is 1. The molecular formula is C25H26FN7O. The molecule has 1 aromatic carbocycles. The Kier molecular flexibility index (Phi) is 5.56. The van der Waals surface area contributed by atoms with Crippen molar-refractivity contribution in [2.45, 2.75) is 6.04 Å². The number of nitrogens with one attached hydrogen (secondary N) is 1. The van der Waals surface area contributed by atoms with Crippen LogP contribution < -0.4 is 15.1 Å². The Bertz CT molecular complexity index is 1300. The molecule has 5 heterocycles. The summed E-state index contributed by atoms with van der Waals surface area (Å²) in [5.74, 6) is 1.51. The zero-order valence-electron chi connectivity index (χ0n) is 18.8. The fourth-order valence-electron chi connectivity index (χ4n) is 4.70. The average molecular weight is 460 g/mol. The van der Waals surface area contributed by atoms with Crippen LogP contribution >= 0.6 is 0 Å². The Morgan fingerprint density at radius 3 is 2.74 bits per heavy atom. The zero-order valence-corrected chi connectivity index (χ0v) is 18.8. The fourth-order valence-corrected chi connectivity index (χ4v) is 4.70. The summed E-state index contributed by atoms with van der Waals surface area (Å²) in [5.41, 5.74) is 3.29. The number of pyridine rings is 1. The van der Waals surface area contributed by atoms with Gasteiger partial charge in [0.25, 0.3) is 0 Å². The molecule has 8 nitrogen and oxygen atoms in total. The summed E-state index contributed by atoms with van der Waals surface area (Å²) in [4.78, 5) is 13.9. The van der Waals surface area contributed by atoms with Gasteiger partial charge < -0.3 is 19.9 Å². The molecule has 3 aromatic heterocycles. The minimum absolute atomic E-state index is 0.115. The molecule has 0 amide bonds. The van der Waals surface area contributed by atoms with Crippen LogP contribution in [0.5, 0.6) is 0 Å². The minimum Gasteiger partial charge on any atom is -0.377 e. The first kappa shape index (κ1) is 21.0. The maximum Gasteiger partial charge on any atom is 0.154 e. The number of benzene rings is 1. The summed E-state index contributed by atoms with van der Waals surface area (Å²) in [6.45, 7) is 5.53. The van der Waals surface area contributed by atoms with E-state index in [2.05, 4.69) is 20.1 Å². The fraction of sp³-hybridized carbons (Fsp3) is 0.320. The van der Waals surface area contributed by atoms with Crippen molar-refractivity contribution in [1.29, 1.82) is 0 Å². The molecule has 2 aliphatic heterocycles. The van der Waals surface area contributed by atoms with E-state index in [9.17, 15) is 4.39 Å². The van der Waals surface area contributed by atoms with Gasteiger partial charge in [0, 0.05) is 32.7 Å². The van der Waals surface area contributed by atoms with Crippen LogP contribution in [0.1, 0.15) is 11.6 Å². The van der Waals surface area contributed by atoms with Crippen LogP contribution in [0.25, 0.3) is 17.0 Å². The van der Waals surface area contributed by atoms with Gasteiger partial charge in [0.15, 0.2) is 5.65 Å². The zero-order chi connectivity index (χ0) is 22.9. The van der Waals surface area contributed by atoms with Crippen LogP contribution in [0.2, 0.25) is 0 Å². The van der Waals surface area contributed by atoms with Gasteiger partial charge in [-0.25, -0.2) is 18.9 Å². The monoisotopic (exact) mass is 459 g/mol. The molecule has 0 aliphatic carbocycles. The molecule has 0 bridgehead atoms. The molecule has 1 N–H and O–H groups in total. The minimum atomic E-state index is -0.251. The summed E-state index contributed by atoms with van der Waals surface area (Å²) in [6.07, 6.45) is 1.82. The second kappa shape index (κ2) is 9.00. The number of piperazine rings is 1. The number of morpholine rings is 1. The number of aromatic nitrogens is 4. The molecule has 2 aliphatic rings. The smallest absolute Gasteiger partial charge is 0.154 e. The highest BCUT2D eigenvalue weighted by atomic mass is 19.1. The van der Waals surface area contributed by atoms with Gasteiger partial charge >= 0.3 is 0 Å². The predicted molar refractivity (Wildman–Crippen MR) is 129 cm³/mol. The third-order valence-electron chi connectivity index (χ3n) is 6.44. The van der Waals surface area contributed by atoms with Crippen molar-refractivity contribution in [2.24, 2.45) is 0 Å². The van der Waals surface area contributed by atoms with Crippen molar-refractivity contribution in [2.75, 3.05) is 55.7 Å². The van der Waals surface area contributed by atoms with Crippen molar-refractivity contribution >= 4 is 17.3 Å². The van der Waals surface area contributed by atoms with Crippen LogP contribution in [0.3, 0.4) is 0 Å². The Balaban J connectivity index is 1.36. The van der Waals surface area contributed by atoms with Crippen molar-refractivity contribution < 1.29 is 9.13 Å². The van der Waals surface area contributed by atoms with E-state index in [-0.39, 0.29) is 11.9 Å². The number of anilines is 2. The largest absolute Gasteiger partial charge is 0.377 e. The molecule has 2 fully saturated rings. The normalized spacial score (nSPS) is 19.0. The van der Waals surface area contributed by atoms with E-state index in [0.717, 1.165) is 60.4 Å². The lowest BCUT2D eigenvalue weighted by molar-refractivity contribution is 0.0935. The molecule has 0 radical (unpaired) electrons. The highest BCUT2D eigenvalue weighted by Crippen LogP contribution is 2.30. The second-order valence-corrected chi connectivity index (χ2v) is 8.56. The molecule has 4 aromatic rings. The number of ether oxygens (including phenoxy) is 1. The van der Waals surface area contributed by atoms with E-state index < -0.39 is 0 Å². The summed E-state index contributed by atoms with van der Waals surface area (Å²) < 4.78 is 21.5. The van der Waals surface area contributed by atoms with E-state index in [0.29, 0.717) is 19.8 Å². The average Bonchev–Trinajstić information content (AvgIpc) is 3.33. The molecule has 2 saturated heterocycles. The standard InChI is InChI=1S/C25H26FN7O/c26-19-4-1-3-18(15-19)22-17-34-14-13-32(22)25-8-7-23-28-16-21(33(23)30-25)20-5-2-6-24(29-20)31-11-9-27-10-12-31/h1-8,15-16,22,27H,9-14,17H2. The topological polar surface area (TPSA) is 70.8 Å². The van der Waals surface area contributed by atoms with Crippen molar-refractivity contribution in [3.05, 3.63) is 72.2 Å². The van der Waals surface area contributed by atoms with E-state index in [1.54, 1.807) is 12.1 Å². The van der Waals surface area contributed by atoms with Gasteiger partial charge in [-0.05, 0) is 42.0 Å². The number of halogens is 1. The summed E-state index contributed by atoms with van der Waals surface area (Å²) in [7, 11) is 0. The first-order valence-electron chi connectivity index (χ1n) is 11.6. The summed E-state index contributed by atoms with van der Waals surface area (Å²) in [6, 6.07) is 16.6. The Morgan fingerprint density at radius 2 is 1.85 bits per heavy atom. The lowest BCUT2D eigenvalue weighted by atomic mass is 10.0. The molecular weight excluding hydrogens is 433 g/mol. The quantitative estimate of drug-likeness (QED) is 0.503. The van der Waals surface area contributed by atoms with Gasteiger partial charge in [-0.15, -0.1) is 5.10 Å². The van der Waals surface area contributed by atoms with E-state index in [1.165, 1.54) is 6.07 Å². The van der Waals surface area contributed by atoms with Gasteiger partial charge in [0.05, 0.1) is 31.1 Å². The highest BCUT2D eigenvalue weighted by molar-refractivity contribution is 5.62. The molecule has 0 saturated carbocycles. The van der Waals surface area contributed by atoms with E-state index in [4.69, 9.17) is 14.8 Å². The van der Waals surface area contributed by atoms with Crippen LogP contribution in [-0.4, -0.2) is 65.5 Å². The van der Waals surface area contributed by atoms with Crippen LogP contribution in [0, 0.1) is 5.82 Å².